The van der Waals surface area contributed by atoms with Crippen LogP contribution in [0.25, 0.3) is 33.3 Å². The number of aliphatic hydroxyl groups is 1. The minimum Gasteiger partial charge on any atom is -0.497 e. The number of cyclic esters (lactones) is 1. The van der Waals surface area contributed by atoms with Crippen LogP contribution in [0.2, 0.25) is 0 Å². The Balaban J connectivity index is 1.27. The first-order valence-corrected chi connectivity index (χ1v) is 13.1. The number of furan rings is 1. The lowest BCUT2D eigenvalue weighted by molar-refractivity contribution is -0.172. The largest absolute Gasteiger partial charge is 0.497 e. The summed E-state index contributed by atoms with van der Waals surface area (Å²) in [7, 11) is 3.22. The Labute approximate surface area is 228 Å². The van der Waals surface area contributed by atoms with Crippen molar-refractivity contribution in [2.24, 2.45) is 0 Å². The van der Waals surface area contributed by atoms with Gasteiger partial charge in [-0.15, -0.1) is 0 Å². The number of carbonyl (C=O) groups excluding carboxylic acids is 1. The summed E-state index contributed by atoms with van der Waals surface area (Å²) in [5.41, 5.74) is 3.18. The van der Waals surface area contributed by atoms with E-state index in [1.807, 2.05) is 30.3 Å². The second kappa shape index (κ2) is 8.69. The minimum absolute atomic E-state index is 0.105. The van der Waals surface area contributed by atoms with Crippen molar-refractivity contribution in [2.75, 3.05) is 14.2 Å². The minimum atomic E-state index is -1.84. The van der Waals surface area contributed by atoms with Crippen LogP contribution in [-0.2, 0) is 34.7 Å². The van der Waals surface area contributed by atoms with Gasteiger partial charge in [-0.3, -0.25) is 4.79 Å². The van der Waals surface area contributed by atoms with E-state index in [0.29, 0.717) is 52.6 Å². The Hall–Kier alpha value is -4.63. The molecule has 0 saturated carbocycles. The van der Waals surface area contributed by atoms with Gasteiger partial charge in [0.1, 0.15) is 18.1 Å². The molecule has 202 valence electrons. The number of esters is 1. The zero-order valence-electron chi connectivity index (χ0n) is 22.2. The molecule has 0 saturated heterocycles. The summed E-state index contributed by atoms with van der Waals surface area (Å²) in [5.74, 6) is 1.37. The maximum Gasteiger partial charge on any atom is 0.343 e. The molecule has 9 nitrogen and oxygen atoms in total. The number of fused-ring (bicyclic) bond motifs is 6. The van der Waals surface area contributed by atoms with Crippen LogP contribution < -0.4 is 15.0 Å². The Morgan fingerprint density at radius 1 is 1.05 bits per heavy atom. The summed E-state index contributed by atoms with van der Waals surface area (Å²) in [6.45, 7) is 1.90. The number of hydrogen-bond donors (Lipinski definition) is 1. The third kappa shape index (κ3) is 3.47. The molecule has 7 rings (SSSR count). The van der Waals surface area contributed by atoms with Crippen LogP contribution >= 0.6 is 0 Å². The molecule has 0 bridgehead atoms. The lowest BCUT2D eigenvalue weighted by Crippen LogP contribution is -2.44. The summed E-state index contributed by atoms with van der Waals surface area (Å²) in [4.78, 5) is 30.7. The first kappa shape index (κ1) is 24.4. The third-order valence-corrected chi connectivity index (χ3v) is 8.01. The van der Waals surface area contributed by atoms with Crippen molar-refractivity contribution in [2.45, 2.75) is 38.5 Å². The molecule has 1 unspecified atom stereocenters. The van der Waals surface area contributed by atoms with E-state index in [1.54, 1.807) is 37.8 Å². The molecular formula is C31H26N2O7. The molecule has 5 aromatic rings. The number of ether oxygens (including phenoxy) is 3. The van der Waals surface area contributed by atoms with Crippen molar-refractivity contribution in [1.29, 1.82) is 0 Å². The van der Waals surface area contributed by atoms with E-state index < -0.39 is 11.6 Å². The maximum atomic E-state index is 13.4. The Bertz CT molecular complexity index is 1940. The second-order valence-electron chi connectivity index (χ2n) is 10.3. The van der Waals surface area contributed by atoms with Gasteiger partial charge in [0.15, 0.2) is 16.9 Å². The predicted molar refractivity (Wildman–Crippen MR) is 147 cm³/mol. The lowest BCUT2D eigenvalue weighted by atomic mass is 9.86. The smallest absolute Gasteiger partial charge is 0.343 e. The normalized spacial score (nSPS) is 17.4. The molecule has 0 radical (unpaired) electrons. The summed E-state index contributed by atoms with van der Waals surface area (Å²) in [5, 5.41) is 12.9. The summed E-state index contributed by atoms with van der Waals surface area (Å²) >= 11 is 0. The molecule has 5 heterocycles. The molecule has 9 heteroatoms. The van der Waals surface area contributed by atoms with Crippen molar-refractivity contribution >= 4 is 27.8 Å². The first-order valence-electron chi connectivity index (χ1n) is 13.1. The van der Waals surface area contributed by atoms with Crippen LogP contribution in [0.3, 0.4) is 0 Å². The molecule has 0 fully saturated rings. The average molecular weight is 539 g/mol. The van der Waals surface area contributed by atoms with Gasteiger partial charge >= 0.3 is 5.97 Å². The summed E-state index contributed by atoms with van der Waals surface area (Å²) < 4.78 is 23.8. The molecule has 0 aliphatic carbocycles. The highest BCUT2D eigenvalue weighted by molar-refractivity contribution is 5.87. The molecule has 2 aromatic carbocycles. The van der Waals surface area contributed by atoms with Crippen molar-refractivity contribution < 1.29 is 28.5 Å². The van der Waals surface area contributed by atoms with Gasteiger partial charge in [0.25, 0.3) is 5.56 Å². The highest BCUT2D eigenvalue weighted by Gasteiger charge is 2.45. The zero-order chi connectivity index (χ0) is 27.8. The second-order valence-corrected chi connectivity index (χ2v) is 10.3. The van der Waals surface area contributed by atoms with Gasteiger partial charge in [-0.2, -0.15) is 0 Å². The fourth-order valence-electron chi connectivity index (χ4n) is 5.85. The van der Waals surface area contributed by atoms with Gasteiger partial charge in [-0.25, -0.2) is 9.78 Å². The number of nitrogens with zero attached hydrogens (tertiary/aromatic N) is 2. The maximum absolute atomic E-state index is 13.4. The molecule has 40 heavy (non-hydrogen) atoms. The summed E-state index contributed by atoms with van der Waals surface area (Å²) in [6.07, 6.45) is 0.678. The van der Waals surface area contributed by atoms with E-state index in [1.165, 1.54) is 0 Å². The van der Waals surface area contributed by atoms with Crippen LogP contribution in [-0.4, -0.2) is 34.8 Å². The molecule has 1 atom stereocenters. The highest BCUT2D eigenvalue weighted by Crippen LogP contribution is 2.39. The van der Waals surface area contributed by atoms with Gasteiger partial charge < -0.3 is 28.3 Å². The highest BCUT2D eigenvalue weighted by atomic mass is 16.6. The number of methoxy groups -OCH3 is 2. The topological polar surface area (TPSA) is 113 Å². The van der Waals surface area contributed by atoms with Crippen LogP contribution in [0.4, 0.5) is 0 Å². The number of aromatic nitrogens is 2. The first-order chi connectivity index (χ1) is 19.3. The monoisotopic (exact) mass is 538 g/mol. The van der Waals surface area contributed by atoms with E-state index in [0.717, 1.165) is 33.2 Å². The van der Waals surface area contributed by atoms with Crippen molar-refractivity contribution in [1.82, 2.24) is 9.55 Å². The van der Waals surface area contributed by atoms with Crippen LogP contribution in [0.5, 0.6) is 11.5 Å². The van der Waals surface area contributed by atoms with Gasteiger partial charge in [0.05, 0.1) is 43.2 Å². The molecular weight excluding hydrogens is 512 g/mol. The van der Waals surface area contributed by atoms with Gasteiger partial charge in [-0.1, -0.05) is 13.0 Å². The zero-order valence-corrected chi connectivity index (χ0v) is 22.2. The van der Waals surface area contributed by atoms with Gasteiger partial charge in [0, 0.05) is 34.4 Å². The number of pyridine rings is 2. The van der Waals surface area contributed by atoms with E-state index in [4.69, 9.17) is 23.6 Å². The predicted octanol–water partition coefficient (Wildman–Crippen LogP) is 4.43. The number of hydrogen-bond acceptors (Lipinski definition) is 8. The Kier molecular flexibility index (Phi) is 5.30. The fraction of sp³-hybridized carbons (Fsp3) is 0.258. The van der Waals surface area contributed by atoms with Gasteiger partial charge in [-0.05, 0) is 48.4 Å². The molecule has 2 aliphatic rings. The number of benzene rings is 2. The average Bonchev–Trinajstić information content (AvgIpc) is 3.54. The number of carbonyl (C=O) groups is 1. The number of rotatable bonds is 5. The van der Waals surface area contributed by atoms with Crippen molar-refractivity contribution in [3.8, 4) is 22.9 Å². The van der Waals surface area contributed by atoms with Crippen LogP contribution in [0.1, 0.15) is 41.4 Å². The fourth-order valence-corrected chi connectivity index (χ4v) is 5.85. The third-order valence-electron chi connectivity index (χ3n) is 8.01. The molecule has 1 N–H and O–H groups in total. The standard InChI is InChI=1S/C31H26N2O7/c1-4-31(36)23-13-25-27-19(14-33(25)29(34)22(23)15-39-30(31)35)9-17-7-16(5-6-24(17)32-27)8-21-11-18-10-20(37-2)12-26(38-3)28(18)40-21/h5-7,9-13,36H,4,8,14-15H2,1-3H3. The Morgan fingerprint density at radius 3 is 2.67 bits per heavy atom. The summed E-state index contributed by atoms with van der Waals surface area (Å²) in [6, 6.07) is 15.5. The van der Waals surface area contributed by atoms with E-state index in [-0.39, 0.29) is 18.6 Å². The van der Waals surface area contributed by atoms with Crippen LogP contribution in [0.15, 0.2) is 57.7 Å². The van der Waals surface area contributed by atoms with Crippen LogP contribution in [0, 0.1) is 0 Å². The Morgan fingerprint density at radius 2 is 1.90 bits per heavy atom. The SMILES string of the molecule is CCC1(O)C(=O)OCc2c1cc1n(c2=O)Cc2cc3cc(Cc4cc5cc(OC)cc(OC)c5o4)ccc3nc2-1. The van der Waals surface area contributed by atoms with Gasteiger partial charge in [0.2, 0.25) is 0 Å². The van der Waals surface area contributed by atoms with Crippen molar-refractivity contribution in [3.05, 3.63) is 86.9 Å². The molecule has 2 aliphatic heterocycles. The molecule has 0 spiro atoms. The molecule has 0 amide bonds. The molecule has 3 aromatic heterocycles. The van der Waals surface area contributed by atoms with E-state index in [2.05, 4.69) is 6.07 Å². The van der Waals surface area contributed by atoms with E-state index in [9.17, 15) is 14.7 Å². The van der Waals surface area contributed by atoms with E-state index >= 15 is 0 Å². The lowest BCUT2D eigenvalue weighted by Gasteiger charge is -2.31. The van der Waals surface area contributed by atoms with Crippen molar-refractivity contribution in [3.63, 3.8) is 0 Å². The quantitative estimate of drug-likeness (QED) is 0.321.